The topological polar surface area (TPSA) is 101 Å². The number of rotatable bonds is 7. The second kappa shape index (κ2) is 10.4. The minimum absolute atomic E-state index is 0.0249. The Morgan fingerprint density at radius 3 is 2.70 bits per heavy atom. The number of anilines is 1. The van der Waals surface area contributed by atoms with Gasteiger partial charge in [0.15, 0.2) is 0 Å². The molecular weight excluding hydrogens is 424 g/mol. The molecule has 1 aromatic carbocycles. The third kappa shape index (κ3) is 5.54. The summed E-state index contributed by atoms with van der Waals surface area (Å²) in [4.78, 5) is 28.6. The molecule has 1 aromatic heterocycles. The summed E-state index contributed by atoms with van der Waals surface area (Å²) in [6.07, 6.45) is 2.14. The number of nitrogens with one attached hydrogen (secondary N) is 1. The van der Waals surface area contributed by atoms with Crippen LogP contribution >= 0.6 is 0 Å². The number of carbonyl (C=O) groups is 1. The Labute approximate surface area is 193 Å². The Hall–Kier alpha value is -2.91. The molecule has 4 rings (SSSR count). The smallest absolute Gasteiger partial charge is 0.293 e. The van der Waals surface area contributed by atoms with Gasteiger partial charge in [0.2, 0.25) is 0 Å². The molecule has 2 saturated heterocycles. The Balaban J connectivity index is 1.49. The van der Waals surface area contributed by atoms with Crippen molar-refractivity contribution in [1.82, 2.24) is 10.2 Å². The Morgan fingerprint density at radius 2 is 2.03 bits per heavy atom. The quantitative estimate of drug-likeness (QED) is 0.502. The maximum atomic E-state index is 13.0. The van der Waals surface area contributed by atoms with Crippen LogP contribution in [0.25, 0.3) is 0 Å². The van der Waals surface area contributed by atoms with Gasteiger partial charge in [0.25, 0.3) is 11.6 Å². The summed E-state index contributed by atoms with van der Waals surface area (Å²) in [5, 5.41) is 14.8. The first-order valence-corrected chi connectivity index (χ1v) is 11.6. The van der Waals surface area contributed by atoms with Crippen molar-refractivity contribution in [2.75, 3.05) is 50.8 Å². The molecule has 3 heterocycles. The van der Waals surface area contributed by atoms with Crippen LogP contribution in [0.15, 0.2) is 34.7 Å². The average molecular weight is 457 g/mol. The summed E-state index contributed by atoms with van der Waals surface area (Å²) in [5.74, 6) is 1.75. The molecule has 2 aliphatic rings. The lowest BCUT2D eigenvalue weighted by molar-refractivity contribution is -0.384. The number of morpholine rings is 1. The first kappa shape index (κ1) is 23.3. The van der Waals surface area contributed by atoms with Crippen LogP contribution in [0.1, 0.15) is 47.7 Å². The monoisotopic (exact) mass is 456 g/mol. The minimum atomic E-state index is -0.395. The molecule has 2 unspecified atom stereocenters. The molecule has 9 heteroatoms. The fourth-order valence-electron chi connectivity index (χ4n) is 4.71. The van der Waals surface area contributed by atoms with Gasteiger partial charge in [0.1, 0.15) is 17.2 Å². The van der Waals surface area contributed by atoms with Crippen LogP contribution in [0.2, 0.25) is 0 Å². The number of nitro groups is 1. The fraction of sp³-hybridized carbons (Fsp3) is 0.542. The second-order valence-electron chi connectivity index (χ2n) is 8.98. The van der Waals surface area contributed by atoms with E-state index < -0.39 is 4.92 Å². The van der Waals surface area contributed by atoms with Gasteiger partial charge in [-0.3, -0.25) is 19.8 Å². The van der Waals surface area contributed by atoms with E-state index in [1.165, 1.54) is 6.07 Å². The largest absolute Gasteiger partial charge is 0.465 e. The number of aryl methyl sites for hydroxylation is 1. The molecule has 2 aliphatic heterocycles. The number of ether oxygens (including phenoxy) is 1. The molecule has 2 fully saturated rings. The van der Waals surface area contributed by atoms with E-state index in [-0.39, 0.29) is 23.2 Å². The van der Waals surface area contributed by atoms with E-state index >= 15 is 0 Å². The van der Waals surface area contributed by atoms with Gasteiger partial charge in [-0.05, 0) is 49.9 Å². The molecule has 0 bridgehead atoms. The maximum Gasteiger partial charge on any atom is 0.293 e. The number of furan rings is 1. The molecule has 0 radical (unpaired) electrons. The van der Waals surface area contributed by atoms with Gasteiger partial charge in [-0.15, -0.1) is 0 Å². The summed E-state index contributed by atoms with van der Waals surface area (Å²) >= 11 is 0. The second-order valence-corrected chi connectivity index (χ2v) is 8.98. The van der Waals surface area contributed by atoms with Crippen LogP contribution in [-0.4, -0.2) is 61.7 Å². The van der Waals surface area contributed by atoms with E-state index in [1.807, 2.05) is 19.1 Å². The Kier molecular flexibility index (Phi) is 7.29. The first-order valence-electron chi connectivity index (χ1n) is 11.6. The normalized spacial score (nSPS) is 20.4. The SMILES string of the molecule is Cc1ccc(C(CNC(=O)c2ccc(N3CCCC(C)C3)c([N+](=O)[O-])c2)N2CCOCC2)o1. The highest BCUT2D eigenvalue weighted by Gasteiger charge is 2.28. The number of hydrogen-bond acceptors (Lipinski definition) is 7. The third-order valence-electron chi connectivity index (χ3n) is 6.46. The number of piperidine rings is 1. The molecule has 0 aliphatic carbocycles. The fourth-order valence-corrected chi connectivity index (χ4v) is 4.71. The van der Waals surface area contributed by atoms with Crippen LogP contribution in [0.5, 0.6) is 0 Å². The van der Waals surface area contributed by atoms with Crippen LogP contribution in [0, 0.1) is 23.0 Å². The summed E-state index contributed by atoms with van der Waals surface area (Å²) in [5.41, 5.74) is 0.843. The van der Waals surface area contributed by atoms with Crippen LogP contribution in [-0.2, 0) is 4.74 Å². The van der Waals surface area contributed by atoms with E-state index in [4.69, 9.17) is 9.15 Å². The lowest BCUT2D eigenvalue weighted by Crippen LogP contribution is -2.43. The van der Waals surface area contributed by atoms with Crippen LogP contribution in [0.3, 0.4) is 0 Å². The van der Waals surface area contributed by atoms with Crippen LogP contribution in [0.4, 0.5) is 11.4 Å². The lowest BCUT2D eigenvalue weighted by atomic mass is 9.99. The number of hydrogen-bond donors (Lipinski definition) is 1. The third-order valence-corrected chi connectivity index (χ3v) is 6.46. The van der Waals surface area contributed by atoms with Gasteiger partial charge in [-0.1, -0.05) is 6.92 Å². The highest BCUT2D eigenvalue weighted by Crippen LogP contribution is 2.32. The number of amides is 1. The maximum absolute atomic E-state index is 13.0. The summed E-state index contributed by atoms with van der Waals surface area (Å²) in [7, 11) is 0. The molecule has 2 atom stereocenters. The van der Waals surface area contributed by atoms with Crippen molar-refractivity contribution in [2.45, 2.75) is 32.7 Å². The van der Waals surface area contributed by atoms with Crippen molar-refractivity contribution in [1.29, 1.82) is 0 Å². The number of nitrogens with zero attached hydrogens (tertiary/aromatic N) is 3. The molecule has 33 heavy (non-hydrogen) atoms. The van der Waals surface area contributed by atoms with Gasteiger partial charge in [0.05, 0.1) is 24.2 Å². The van der Waals surface area contributed by atoms with Crippen molar-refractivity contribution in [3.8, 4) is 0 Å². The van der Waals surface area contributed by atoms with Crippen molar-refractivity contribution in [2.24, 2.45) is 5.92 Å². The number of benzene rings is 1. The highest BCUT2D eigenvalue weighted by atomic mass is 16.6. The summed E-state index contributed by atoms with van der Waals surface area (Å²) in [6, 6.07) is 8.49. The number of nitro benzene ring substituents is 1. The van der Waals surface area contributed by atoms with Gasteiger partial charge in [0, 0.05) is 44.4 Å². The zero-order valence-electron chi connectivity index (χ0n) is 19.3. The van der Waals surface area contributed by atoms with Gasteiger partial charge in [-0.2, -0.15) is 0 Å². The standard InChI is InChI=1S/C24H32N4O5/c1-17-4-3-9-27(16-17)20-7-6-19(14-21(20)28(30)31)24(29)25-15-22(23-8-5-18(2)33-23)26-10-12-32-13-11-26/h5-8,14,17,22H,3-4,9-13,15-16H2,1-2H3,(H,25,29). The molecule has 2 aromatic rings. The zero-order valence-corrected chi connectivity index (χ0v) is 19.3. The highest BCUT2D eigenvalue weighted by molar-refractivity contribution is 5.95. The summed E-state index contributed by atoms with van der Waals surface area (Å²) < 4.78 is 11.3. The van der Waals surface area contributed by atoms with Crippen molar-refractivity contribution >= 4 is 17.3 Å². The average Bonchev–Trinajstić information content (AvgIpc) is 3.25. The van der Waals surface area contributed by atoms with Gasteiger partial charge >= 0.3 is 0 Å². The van der Waals surface area contributed by atoms with Gasteiger partial charge < -0.3 is 19.4 Å². The molecule has 9 nitrogen and oxygen atoms in total. The van der Waals surface area contributed by atoms with Crippen molar-refractivity contribution in [3.05, 3.63) is 57.5 Å². The lowest BCUT2D eigenvalue weighted by Gasteiger charge is -2.33. The predicted octanol–water partition coefficient (Wildman–Crippen LogP) is 3.54. The molecular formula is C24H32N4O5. The molecule has 178 valence electrons. The first-order chi connectivity index (χ1) is 15.9. The summed E-state index contributed by atoms with van der Waals surface area (Å²) in [6.45, 7) is 8.72. The molecule has 0 saturated carbocycles. The molecule has 1 amide bonds. The zero-order chi connectivity index (χ0) is 23.4. The minimum Gasteiger partial charge on any atom is -0.465 e. The van der Waals surface area contributed by atoms with E-state index in [9.17, 15) is 14.9 Å². The molecule has 1 N–H and O–H groups in total. The van der Waals surface area contributed by atoms with E-state index in [0.717, 1.165) is 50.5 Å². The van der Waals surface area contributed by atoms with E-state index in [2.05, 4.69) is 22.0 Å². The van der Waals surface area contributed by atoms with Crippen LogP contribution < -0.4 is 10.2 Å². The Bertz CT molecular complexity index is 985. The molecule has 0 spiro atoms. The van der Waals surface area contributed by atoms with Gasteiger partial charge in [-0.25, -0.2) is 0 Å². The number of carbonyl (C=O) groups excluding carboxylic acids is 1. The Morgan fingerprint density at radius 1 is 1.24 bits per heavy atom. The van der Waals surface area contributed by atoms with Crippen molar-refractivity contribution < 1.29 is 18.9 Å². The van der Waals surface area contributed by atoms with E-state index in [0.29, 0.717) is 31.4 Å². The van der Waals surface area contributed by atoms with E-state index in [1.54, 1.807) is 12.1 Å². The van der Waals surface area contributed by atoms with Crippen molar-refractivity contribution in [3.63, 3.8) is 0 Å². The predicted molar refractivity (Wildman–Crippen MR) is 125 cm³/mol.